The molecule has 3 fully saturated rings. The fourth-order valence-electron chi connectivity index (χ4n) is 9.23. The van der Waals surface area contributed by atoms with E-state index in [-0.39, 0.29) is 42.3 Å². The van der Waals surface area contributed by atoms with E-state index in [1.54, 1.807) is 12.2 Å². The number of unbranched alkanes of at least 4 members (excludes halogenated alkanes) is 6. The first kappa shape index (κ1) is 42.8. The van der Waals surface area contributed by atoms with Crippen LogP contribution in [0.5, 0.6) is 0 Å². The van der Waals surface area contributed by atoms with Crippen molar-refractivity contribution in [3.05, 3.63) is 47.1 Å². The molecule has 4 heterocycles. The minimum absolute atomic E-state index is 0.0139. The van der Waals surface area contributed by atoms with E-state index in [0.717, 1.165) is 37.7 Å². The van der Waals surface area contributed by atoms with Gasteiger partial charge in [0.15, 0.2) is 5.79 Å². The average Bonchev–Trinajstić information content (AvgIpc) is 3.47. The van der Waals surface area contributed by atoms with Gasteiger partial charge in [0.1, 0.15) is 29.5 Å². The molecule has 1 aliphatic carbocycles. The molecule has 0 unspecified atom stereocenters. The van der Waals surface area contributed by atoms with Crippen LogP contribution in [0.1, 0.15) is 138 Å². The van der Waals surface area contributed by atoms with Gasteiger partial charge in [-0.2, -0.15) is 0 Å². The Bertz CT molecular complexity index is 1430. The normalized spacial score (nSPS) is 41.7. The molecule has 0 aromatic rings. The maximum absolute atomic E-state index is 14.2. The van der Waals surface area contributed by atoms with Gasteiger partial charge in [0.05, 0.1) is 30.4 Å². The van der Waals surface area contributed by atoms with Crippen LogP contribution in [0.25, 0.3) is 0 Å². The average molecular weight is 756 g/mol. The van der Waals surface area contributed by atoms with Crippen molar-refractivity contribution in [3.63, 3.8) is 0 Å². The Morgan fingerprint density at radius 1 is 1.06 bits per heavy atom. The molecule has 1 spiro atoms. The zero-order chi connectivity index (χ0) is 39.3. The number of hydrogen-bond donors (Lipinski definition) is 4. The molecule has 4 N–H and O–H groups in total. The van der Waals surface area contributed by atoms with Gasteiger partial charge in [-0.15, -0.1) is 0 Å². The number of carbonyl (C=O) groups is 2. The fraction of sp³-hybridized carbons (Fsp3) is 0.773. The number of amides is 1. The van der Waals surface area contributed by atoms with Gasteiger partial charge >= 0.3 is 5.97 Å². The molecule has 10 nitrogen and oxygen atoms in total. The molecule has 5 aliphatic rings. The summed E-state index contributed by atoms with van der Waals surface area (Å²) in [6, 6.07) is -0.282. The number of aliphatic hydroxyl groups is 3. The lowest BCUT2D eigenvalue weighted by Gasteiger charge is -2.51. The highest BCUT2D eigenvalue weighted by Gasteiger charge is 2.61. The SMILES string of the molecule is CCCCCCCCCC(=O)N[C@H]1/C(C)=C/C[C@@H]2C[C@@H](C[C@]3(CC[C@H](C)[C@@H]([C@@H](C)CC)O3)O2)OC(=O)C2=C[C@@](C)(O)[C@@H](O)[C@H]3OC/C(=C\C=C\[C@@H]1C)[C@@]23O. The Balaban J connectivity index is 1.48. The van der Waals surface area contributed by atoms with E-state index in [1.165, 1.54) is 38.7 Å². The topological polar surface area (TPSA) is 144 Å². The number of ether oxygens (including phenoxy) is 4. The number of esters is 1. The number of nitrogens with one attached hydrogen (secondary N) is 1. The van der Waals surface area contributed by atoms with Gasteiger partial charge in [0.2, 0.25) is 5.91 Å². The summed E-state index contributed by atoms with van der Waals surface area (Å²) in [7, 11) is 0. The van der Waals surface area contributed by atoms with E-state index in [9.17, 15) is 24.9 Å². The van der Waals surface area contributed by atoms with Crippen LogP contribution >= 0.6 is 0 Å². The summed E-state index contributed by atoms with van der Waals surface area (Å²) in [5.41, 5.74) is -2.64. The van der Waals surface area contributed by atoms with Crippen molar-refractivity contribution in [2.24, 2.45) is 17.8 Å². The van der Waals surface area contributed by atoms with Gasteiger partial charge in [-0.3, -0.25) is 4.79 Å². The molecule has 12 atom stereocenters. The van der Waals surface area contributed by atoms with Crippen LogP contribution in [0.4, 0.5) is 0 Å². The molecule has 2 bridgehead atoms. The van der Waals surface area contributed by atoms with Crippen molar-refractivity contribution >= 4 is 11.9 Å². The van der Waals surface area contributed by atoms with E-state index >= 15 is 0 Å². The van der Waals surface area contributed by atoms with Crippen LogP contribution in [0.15, 0.2) is 47.1 Å². The number of aliphatic hydroxyl groups excluding tert-OH is 1. The lowest BCUT2D eigenvalue weighted by atomic mass is 9.71. The van der Waals surface area contributed by atoms with Crippen molar-refractivity contribution in [2.45, 2.75) is 192 Å². The van der Waals surface area contributed by atoms with Crippen molar-refractivity contribution < 1.29 is 43.9 Å². The summed E-state index contributed by atoms with van der Waals surface area (Å²) in [5, 5.41) is 38.0. The van der Waals surface area contributed by atoms with Crippen LogP contribution in [-0.4, -0.2) is 87.4 Å². The molecule has 4 aliphatic heterocycles. The largest absolute Gasteiger partial charge is 0.459 e. The fourth-order valence-corrected chi connectivity index (χ4v) is 9.23. The molecule has 0 aromatic carbocycles. The molecular formula is C44H69NO9. The summed E-state index contributed by atoms with van der Waals surface area (Å²) in [6.07, 6.45) is 17.4. The smallest absolute Gasteiger partial charge is 0.337 e. The lowest BCUT2D eigenvalue weighted by molar-refractivity contribution is -0.340. The Morgan fingerprint density at radius 2 is 1.78 bits per heavy atom. The van der Waals surface area contributed by atoms with Crippen LogP contribution in [0.3, 0.4) is 0 Å². The molecule has 0 saturated carbocycles. The van der Waals surface area contributed by atoms with Crippen molar-refractivity contribution in [1.82, 2.24) is 5.32 Å². The monoisotopic (exact) mass is 755 g/mol. The summed E-state index contributed by atoms with van der Waals surface area (Å²) in [6.45, 7) is 14.2. The van der Waals surface area contributed by atoms with Gasteiger partial charge in [-0.25, -0.2) is 4.79 Å². The van der Waals surface area contributed by atoms with Gasteiger partial charge in [-0.1, -0.05) is 109 Å². The number of fused-ring (bicyclic) bond motifs is 2. The predicted octanol–water partition coefficient (Wildman–Crippen LogP) is 6.91. The summed E-state index contributed by atoms with van der Waals surface area (Å²) < 4.78 is 26.0. The molecule has 0 radical (unpaired) electrons. The van der Waals surface area contributed by atoms with Crippen molar-refractivity contribution in [1.29, 1.82) is 0 Å². The minimum Gasteiger partial charge on any atom is -0.459 e. The first-order valence-corrected chi connectivity index (χ1v) is 21.0. The van der Waals surface area contributed by atoms with Gasteiger partial charge in [-0.05, 0) is 62.5 Å². The van der Waals surface area contributed by atoms with Gasteiger partial charge < -0.3 is 39.6 Å². The summed E-state index contributed by atoms with van der Waals surface area (Å²) in [5.74, 6) is -1.16. The third kappa shape index (κ3) is 9.60. The Hall–Kier alpha value is -2.34. The quantitative estimate of drug-likeness (QED) is 0.101. The third-order valence-electron chi connectivity index (χ3n) is 12.8. The standard InChI is InChI=1S/C44H69NO9/c1-8-10-11-12-13-14-15-19-36(46)45-37-29(4)17-16-18-32-27-51-40-39(47)42(7,49)26-35(44(32,40)50)41(48)52-34-24-33(21-20-30(37)5)53-43(25-34)23-22-31(6)38(54-43)28(3)9-2/h16-18,20,26,28-29,31,33-34,37-40,47,49-50H,8-15,19,21-25,27H2,1-7H3,(H,45,46)/b17-16+,30-20+,32-18+/t28-,29-,31-,33+,34-,37+,38+,39-,40+,42+,43+,44+/m0/s1. The summed E-state index contributed by atoms with van der Waals surface area (Å²) >= 11 is 0. The molecule has 304 valence electrons. The zero-order valence-electron chi connectivity index (χ0n) is 34.0. The van der Waals surface area contributed by atoms with Crippen LogP contribution in [0, 0.1) is 17.8 Å². The van der Waals surface area contributed by atoms with E-state index in [2.05, 4.69) is 46.0 Å². The Labute approximate surface area is 323 Å². The van der Waals surface area contributed by atoms with E-state index in [4.69, 9.17) is 18.9 Å². The number of carbonyl (C=O) groups excluding carboxylic acids is 2. The zero-order valence-corrected chi connectivity index (χ0v) is 34.0. The minimum atomic E-state index is -2.02. The predicted molar refractivity (Wildman–Crippen MR) is 208 cm³/mol. The molecule has 54 heavy (non-hydrogen) atoms. The van der Waals surface area contributed by atoms with Crippen molar-refractivity contribution in [2.75, 3.05) is 6.61 Å². The van der Waals surface area contributed by atoms with E-state index in [1.807, 2.05) is 13.0 Å². The second-order valence-electron chi connectivity index (χ2n) is 17.4. The van der Waals surface area contributed by atoms with Crippen molar-refractivity contribution in [3.8, 4) is 0 Å². The molecule has 3 saturated heterocycles. The van der Waals surface area contributed by atoms with Gasteiger partial charge in [0, 0.05) is 25.7 Å². The van der Waals surface area contributed by atoms with Crippen LogP contribution in [0.2, 0.25) is 0 Å². The molecule has 5 rings (SSSR count). The van der Waals surface area contributed by atoms with Crippen LogP contribution < -0.4 is 5.32 Å². The highest BCUT2D eigenvalue weighted by molar-refractivity contribution is 5.93. The third-order valence-corrected chi connectivity index (χ3v) is 12.8. The first-order valence-electron chi connectivity index (χ1n) is 21.0. The van der Waals surface area contributed by atoms with Gasteiger partial charge in [0.25, 0.3) is 0 Å². The number of allylic oxidation sites excluding steroid dienone is 2. The molecule has 0 aromatic heterocycles. The molecular weight excluding hydrogens is 686 g/mol. The molecule has 1 amide bonds. The van der Waals surface area contributed by atoms with E-state index < -0.39 is 41.3 Å². The van der Waals surface area contributed by atoms with Crippen LogP contribution in [-0.2, 0) is 28.5 Å². The highest BCUT2D eigenvalue weighted by atomic mass is 16.7. The second kappa shape index (κ2) is 18.3. The Morgan fingerprint density at radius 3 is 2.50 bits per heavy atom. The molecule has 10 heteroatoms. The Kier molecular flexibility index (Phi) is 14.5. The maximum atomic E-state index is 14.2. The number of rotatable bonds is 11. The second-order valence-corrected chi connectivity index (χ2v) is 17.4. The first-order chi connectivity index (χ1) is 25.6. The lowest BCUT2D eigenvalue weighted by Crippen LogP contribution is -2.61. The maximum Gasteiger partial charge on any atom is 0.337 e. The highest BCUT2D eigenvalue weighted by Crippen LogP contribution is 2.48. The number of hydrogen-bond acceptors (Lipinski definition) is 9. The summed E-state index contributed by atoms with van der Waals surface area (Å²) in [4.78, 5) is 27.6. The van der Waals surface area contributed by atoms with E-state index in [0.29, 0.717) is 49.5 Å².